The monoisotopic (exact) mass is 832 g/mol. The molecule has 2 atom stereocenters. The second-order valence-corrected chi connectivity index (χ2v) is 14.8. The average Bonchev–Trinajstić information content (AvgIpc) is 3.26. The van der Waals surface area contributed by atoms with Gasteiger partial charge in [0.2, 0.25) is 0 Å². The molecular weight excluding hydrogens is 781 g/mol. The van der Waals surface area contributed by atoms with Gasteiger partial charge in [0.15, 0.2) is 0 Å². The zero-order valence-corrected chi connectivity index (χ0v) is 34.3. The molecule has 0 aromatic heterocycles. The van der Waals surface area contributed by atoms with Crippen LogP contribution in [0.1, 0.15) is 38.2 Å². The number of nitro groups is 1. The van der Waals surface area contributed by atoms with Gasteiger partial charge in [-0.05, 0) is 68.2 Å². The van der Waals surface area contributed by atoms with Gasteiger partial charge in [0.05, 0.1) is 35.2 Å². The molecule has 0 bridgehead atoms. The number of fused-ring (bicyclic) bond motifs is 2. The number of non-ortho nitro benzene ring substituents is 1. The first-order valence-corrected chi connectivity index (χ1v) is 20.4. The van der Waals surface area contributed by atoms with Crippen molar-refractivity contribution in [3.8, 4) is 11.5 Å². The van der Waals surface area contributed by atoms with E-state index in [2.05, 4.69) is 16.0 Å². The van der Waals surface area contributed by atoms with Gasteiger partial charge in [-0.1, -0.05) is 84.9 Å². The molecule has 5 aromatic carbocycles. The number of ether oxygens (including phenoxy) is 4. The van der Waals surface area contributed by atoms with Crippen molar-refractivity contribution in [2.75, 3.05) is 52.6 Å². The highest BCUT2D eigenvalue weighted by atomic mass is 16.6. The highest BCUT2D eigenvalue weighted by molar-refractivity contribution is 6.00. The molecule has 2 unspecified atom stereocenters. The molecule has 6 rings (SSSR count). The number of nitrogens with one attached hydrogen (secondary N) is 3. The first-order chi connectivity index (χ1) is 29.6. The van der Waals surface area contributed by atoms with E-state index in [1.807, 2.05) is 84.9 Å². The lowest BCUT2D eigenvalue weighted by molar-refractivity contribution is -0.384. The number of nitro benzene ring substituents is 1. The van der Waals surface area contributed by atoms with E-state index in [-0.39, 0.29) is 56.4 Å². The summed E-state index contributed by atoms with van der Waals surface area (Å²) in [6.45, 7) is 5.02. The van der Waals surface area contributed by atoms with E-state index >= 15 is 0 Å². The Balaban J connectivity index is 0.978. The number of aliphatic hydroxyl groups excluding tert-OH is 2. The van der Waals surface area contributed by atoms with Crippen LogP contribution in [0.15, 0.2) is 132 Å². The molecule has 320 valence electrons. The zero-order chi connectivity index (χ0) is 43.1. The number of esters is 2. The third-order valence-corrected chi connectivity index (χ3v) is 10.2. The number of aliphatic hydroxyl groups is 2. The minimum absolute atomic E-state index is 0.0341. The fourth-order valence-corrected chi connectivity index (χ4v) is 7.24. The Bertz CT molecular complexity index is 2230. The first kappa shape index (κ1) is 44.2. The van der Waals surface area contributed by atoms with Crippen molar-refractivity contribution >= 4 is 39.2 Å². The second kappa shape index (κ2) is 21.8. The van der Waals surface area contributed by atoms with Gasteiger partial charge in [0, 0.05) is 47.4 Å². The fraction of sp³-hybridized carbons (Fsp3) is 0.319. The van der Waals surface area contributed by atoms with Crippen LogP contribution in [0.2, 0.25) is 0 Å². The van der Waals surface area contributed by atoms with Crippen molar-refractivity contribution in [3.05, 3.63) is 147 Å². The molecule has 5 aromatic rings. The van der Waals surface area contributed by atoms with E-state index in [0.29, 0.717) is 54.4 Å². The van der Waals surface area contributed by atoms with Gasteiger partial charge in [-0.2, -0.15) is 0 Å². The van der Waals surface area contributed by atoms with Crippen molar-refractivity contribution in [1.29, 1.82) is 0 Å². The Kier molecular flexibility index (Phi) is 15.8. The molecule has 1 aliphatic heterocycles. The van der Waals surface area contributed by atoms with E-state index in [4.69, 9.17) is 18.9 Å². The molecule has 1 heterocycles. The number of carbonyl (C=O) groups is 2. The molecule has 0 radical (unpaired) electrons. The van der Waals surface area contributed by atoms with E-state index in [1.165, 1.54) is 18.2 Å². The van der Waals surface area contributed by atoms with Crippen molar-refractivity contribution in [2.24, 2.45) is 0 Å². The maximum atomic E-state index is 13.8. The van der Waals surface area contributed by atoms with E-state index in [0.717, 1.165) is 21.5 Å². The number of allylic oxidation sites excluding steroid dienone is 2. The molecule has 0 fully saturated rings. The van der Waals surface area contributed by atoms with Crippen molar-refractivity contribution in [2.45, 2.75) is 44.8 Å². The van der Waals surface area contributed by atoms with Gasteiger partial charge < -0.3 is 45.1 Å². The Morgan fingerprint density at radius 2 is 1.15 bits per heavy atom. The number of hydrogen-bond donors (Lipinski definition) is 5. The van der Waals surface area contributed by atoms with Crippen molar-refractivity contribution in [1.82, 2.24) is 16.0 Å². The lowest BCUT2D eigenvalue weighted by Crippen LogP contribution is -2.34. The van der Waals surface area contributed by atoms with Crippen LogP contribution in [-0.4, -0.2) is 91.9 Å². The molecule has 5 N–H and O–H groups in total. The molecule has 61 heavy (non-hydrogen) atoms. The fourth-order valence-electron chi connectivity index (χ4n) is 7.24. The van der Waals surface area contributed by atoms with Crippen LogP contribution in [0.3, 0.4) is 0 Å². The highest BCUT2D eigenvalue weighted by Crippen LogP contribution is 2.40. The lowest BCUT2D eigenvalue weighted by Gasteiger charge is -2.30. The summed E-state index contributed by atoms with van der Waals surface area (Å²) in [6, 6.07) is 33.1. The molecule has 0 amide bonds. The summed E-state index contributed by atoms with van der Waals surface area (Å²) in [7, 11) is 0. The summed E-state index contributed by atoms with van der Waals surface area (Å²) < 4.78 is 23.2. The standard InChI is InChI=1S/C47H52N4O10/c1-31-43(46(54)58-24-10-22-48-27-37(52)29-60-41-20-8-14-33-12-3-5-18-39(33)41)45(35-16-7-17-36(26-35)51(56)57)44(32(2)50-31)47(55)59-25-11-23-49-28-38(53)30-61-42-21-9-15-34-13-4-6-19-40(34)42/h3-9,12-21,26,37-38,45,48-50,52-53H,10-11,22-25,27-30H2,1-2H3. The van der Waals surface area contributed by atoms with Crippen LogP contribution in [-0.2, 0) is 19.1 Å². The summed E-state index contributed by atoms with van der Waals surface area (Å²) in [4.78, 5) is 38.8. The van der Waals surface area contributed by atoms with Crippen LogP contribution in [0.4, 0.5) is 5.69 Å². The predicted molar refractivity (Wildman–Crippen MR) is 232 cm³/mol. The summed E-state index contributed by atoms with van der Waals surface area (Å²) in [5.74, 6) is -0.997. The normalized spacial score (nSPS) is 15.0. The molecule has 0 saturated heterocycles. The van der Waals surface area contributed by atoms with Crippen molar-refractivity contribution < 1.29 is 43.7 Å². The van der Waals surface area contributed by atoms with Gasteiger partial charge in [0.1, 0.15) is 36.9 Å². The van der Waals surface area contributed by atoms with Crippen LogP contribution < -0.4 is 25.4 Å². The second-order valence-electron chi connectivity index (χ2n) is 14.8. The topological polar surface area (TPSA) is 191 Å². The molecule has 14 nitrogen and oxygen atoms in total. The quantitative estimate of drug-likeness (QED) is 0.0234. The summed E-state index contributed by atoms with van der Waals surface area (Å²) >= 11 is 0. The summed E-state index contributed by atoms with van der Waals surface area (Å²) in [6.07, 6.45) is -0.698. The van der Waals surface area contributed by atoms with E-state index in [1.54, 1.807) is 19.9 Å². The molecule has 0 saturated carbocycles. The number of benzene rings is 5. The average molecular weight is 833 g/mol. The Morgan fingerprint density at radius 1 is 0.689 bits per heavy atom. The molecule has 0 spiro atoms. The Labute approximate surface area is 354 Å². The summed E-state index contributed by atoms with van der Waals surface area (Å²) in [5.41, 5.74) is 1.31. The van der Waals surface area contributed by atoms with Crippen LogP contribution in [0.25, 0.3) is 21.5 Å². The lowest BCUT2D eigenvalue weighted by atomic mass is 9.80. The van der Waals surface area contributed by atoms with Crippen molar-refractivity contribution in [3.63, 3.8) is 0 Å². The third-order valence-electron chi connectivity index (χ3n) is 10.2. The smallest absolute Gasteiger partial charge is 0.336 e. The zero-order valence-electron chi connectivity index (χ0n) is 34.3. The Hall–Kier alpha value is -6.32. The Morgan fingerprint density at radius 3 is 1.64 bits per heavy atom. The van der Waals surface area contributed by atoms with Gasteiger partial charge in [-0.3, -0.25) is 10.1 Å². The highest BCUT2D eigenvalue weighted by Gasteiger charge is 2.38. The largest absolute Gasteiger partial charge is 0.490 e. The van der Waals surface area contributed by atoms with E-state index < -0.39 is 35.0 Å². The van der Waals surface area contributed by atoms with Gasteiger partial charge >= 0.3 is 11.9 Å². The summed E-state index contributed by atoms with van der Waals surface area (Å²) in [5, 5.41) is 46.2. The molecule has 1 aliphatic rings. The maximum absolute atomic E-state index is 13.8. The predicted octanol–water partition coefficient (Wildman–Crippen LogP) is 6.06. The minimum atomic E-state index is -1.01. The number of carbonyl (C=O) groups excluding carboxylic acids is 2. The number of rotatable bonds is 22. The van der Waals surface area contributed by atoms with Gasteiger partial charge in [-0.15, -0.1) is 0 Å². The number of dihydropyridines is 1. The van der Waals surface area contributed by atoms with Crippen LogP contribution in [0.5, 0.6) is 11.5 Å². The third kappa shape index (κ3) is 11.9. The maximum Gasteiger partial charge on any atom is 0.336 e. The van der Waals surface area contributed by atoms with Crippen LogP contribution in [0, 0.1) is 10.1 Å². The van der Waals surface area contributed by atoms with Gasteiger partial charge in [-0.25, -0.2) is 9.59 Å². The minimum Gasteiger partial charge on any atom is -0.490 e. The van der Waals surface area contributed by atoms with E-state index in [9.17, 15) is 29.9 Å². The molecular formula is C47H52N4O10. The SMILES string of the molecule is CC1=C(C(=O)OCCCNCC(O)COc2cccc3ccccc23)C(c2cccc([N+](=O)[O-])c2)C(C(=O)OCCCNCC(O)COc2cccc3ccccc23)=C(C)N1. The molecule has 0 aliphatic carbocycles. The number of hydrogen-bond acceptors (Lipinski definition) is 13. The first-order valence-electron chi connectivity index (χ1n) is 20.4. The number of nitrogens with zero attached hydrogens (tertiary/aromatic N) is 1. The van der Waals surface area contributed by atoms with Gasteiger partial charge in [0.25, 0.3) is 5.69 Å². The van der Waals surface area contributed by atoms with Crippen LogP contribution >= 0.6 is 0 Å². The molecule has 14 heteroatoms.